The number of fused-ring (bicyclic) bond motifs is 1. The third-order valence-electron chi connectivity index (χ3n) is 3.56. The number of thioether (sulfide) groups is 1. The summed E-state index contributed by atoms with van der Waals surface area (Å²) < 4.78 is 0. The molecule has 106 valence electrons. The highest BCUT2D eigenvalue weighted by Crippen LogP contribution is 2.44. The molecule has 7 heteroatoms. The Morgan fingerprint density at radius 2 is 2.32 bits per heavy atom. The van der Waals surface area contributed by atoms with Gasteiger partial charge in [-0.15, -0.1) is 0 Å². The van der Waals surface area contributed by atoms with Crippen LogP contribution in [0.1, 0.15) is 13.3 Å². The lowest BCUT2D eigenvalue weighted by Gasteiger charge is -2.44. The maximum atomic E-state index is 11.9. The minimum atomic E-state index is -1.07. The summed E-state index contributed by atoms with van der Waals surface area (Å²) in [4.78, 5) is 24.6. The van der Waals surface area contributed by atoms with Crippen molar-refractivity contribution in [2.45, 2.75) is 25.5 Å². The largest absolute Gasteiger partial charge is 0.477 e. The number of hydrogen-bond acceptors (Lipinski definition) is 5. The van der Waals surface area contributed by atoms with Crippen molar-refractivity contribution in [3.05, 3.63) is 11.3 Å². The number of amides is 1. The van der Waals surface area contributed by atoms with Gasteiger partial charge in [0.25, 0.3) is 0 Å². The monoisotopic (exact) mass is 286 g/mol. The predicted molar refractivity (Wildman–Crippen MR) is 71.5 cm³/mol. The number of carboxylic acids is 1. The van der Waals surface area contributed by atoms with E-state index in [1.807, 2.05) is 0 Å². The standard InChI is InChI=1S/C12H18N2O4S/c1-6(15)9-8-4-7(5-19-3-2-13)10(12(17)18)14(8)11(9)16/h6,8-9,15H,2-5,13H2,1H3,(H,17,18). The molecular formula is C12H18N2O4S. The molecule has 0 bridgehead atoms. The van der Waals surface area contributed by atoms with Crippen molar-refractivity contribution in [3.63, 3.8) is 0 Å². The average molecular weight is 286 g/mol. The second kappa shape index (κ2) is 5.52. The van der Waals surface area contributed by atoms with Gasteiger partial charge in [0.2, 0.25) is 5.91 Å². The van der Waals surface area contributed by atoms with Gasteiger partial charge in [-0.05, 0) is 18.9 Å². The number of aliphatic hydroxyl groups excluding tert-OH is 1. The number of carbonyl (C=O) groups excluding carboxylic acids is 1. The zero-order chi connectivity index (χ0) is 14.2. The van der Waals surface area contributed by atoms with Gasteiger partial charge >= 0.3 is 5.97 Å². The Balaban J connectivity index is 2.14. The summed E-state index contributed by atoms with van der Waals surface area (Å²) in [6, 6.07) is -0.188. The number of carboxylic acid groups (broad SMARTS) is 1. The number of carbonyl (C=O) groups is 2. The van der Waals surface area contributed by atoms with Crippen LogP contribution in [0.15, 0.2) is 11.3 Å². The molecule has 4 N–H and O–H groups in total. The maximum absolute atomic E-state index is 11.9. The Hall–Kier alpha value is -1.05. The fourth-order valence-electron chi connectivity index (χ4n) is 2.77. The zero-order valence-corrected chi connectivity index (χ0v) is 11.5. The SMILES string of the molecule is CC(O)C1C(=O)N2C(C(=O)O)=C(CSCCN)CC12. The molecule has 0 spiro atoms. The summed E-state index contributed by atoms with van der Waals surface area (Å²) in [6.45, 7) is 2.12. The quantitative estimate of drug-likeness (QED) is 0.454. The molecule has 1 amide bonds. The van der Waals surface area contributed by atoms with E-state index in [-0.39, 0.29) is 17.6 Å². The summed E-state index contributed by atoms with van der Waals surface area (Å²) >= 11 is 1.57. The van der Waals surface area contributed by atoms with Crippen LogP contribution in [0.3, 0.4) is 0 Å². The third-order valence-corrected chi connectivity index (χ3v) is 4.64. The van der Waals surface area contributed by atoms with Gasteiger partial charge in [0, 0.05) is 18.1 Å². The highest BCUT2D eigenvalue weighted by Gasteiger charge is 2.56. The maximum Gasteiger partial charge on any atom is 0.352 e. The number of nitrogens with two attached hydrogens (primary N) is 1. The van der Waals surface area contributed by atoms with E-state index in [0.717, 1.165) is 11.3 Å². The molecular weight excluding hydrogens is 268 g/mol. The fourth-order valence-corrected chi connectivity index (χ4v) is 3.58. The van der Waals surface area contributed by atoms with E-state index in [2.05, 4.69) is 0 Å². The van der Waals surface area contributed by atoms with Gasteiger partial charge in [-0.2, -0.15) is 11.8 Å². The number of aliphatic carboxylic acids is 1. The van der Waals surface area contributed by atoms with Gasteiger partial charge in [0.05, 0.1) is 18.1 Å². The van der Waals surface area contributed by atoms with E-state index in [0.29, 0.717) is 18.7 Å². The average Bonchev–Trinajstić information content (AvgIpc) is 2.64. The molecule has 2 aliphatic rings. The molecule has 0 radical (unpaired) electrons. The van der Waals surface area contributed by atoms with Crippen molar-refractivity contribution in [1.82, 2.24) is 4.90 Å². The lowest BCUT2D eigenvalue weighted by Crippen LogP contribution is -2.61. The molecule has 3 unspecified atom stereocenters. The topological polar surface area (TPSA) is 104 Å². The Labute approximate surface area is 115 Å². The summed E-state index contributed by atoms with van der Waals surface area (Å²) in [7, 11) is 0. The molecule has 1 saturated heterocycles. The van der Waals surface area contributed by atoms with Gasteiger partial charge in [0.15, 0.2) is 0 Å². The smallest absolute Gasteiger partial charge is 0.352 e. The molecule has 2 heterocycles. The van der Waals surface area contributed by atoms with Crippen molar-refractivity contribution in [3.8, 4) is 0 Å². The van der Waals surface area contributed by atoms with Crippen LogP contribution in [0, 0.1) is 5.92 Å². The fraction of sp³-hybridized carbons (Fsp3) is 0.667. The Kier molecular flexibility index (Phi) is 4.17. The first kappa shape index (κ1) is 14.4. The number of nitrogens with zero attached hydrogens (tertiary/aromatic N) is 1. The van der Waals surface area contributed by atoms with Crippen LogP contribution in [0.2, 0.25) is 0 Å². The van der Waals surface area contributed by atoms with Crippen LogP contribution in [0.5, 0.6) is 0 Å². The molecule has 0 aromatic carbocycles. The number of rotatable bonds is 6. The lowest BCUT2D eigenvalue weighted by molar-refractivity contribution is -0.161. The van der Waals surface area contributed by atoms with Crippen molar-refractivity contribution in [2.75, 3.05) is 18.1 Å². The molecule has 1 fully saturated rings. The first-order chi connectivity index (χ1) is 8.99. The molecule has 2 rings (SSSR count). The highest BCUT2D eigenvalue weighted by atomic mass is 32.2. The summed E-state index contributed by atoms with van der Waals surface area (Å²) in [5.74, 6) is -0.480. The molecule has 6 nitrogen and oxygen atoms in total. The zero-order valence-electron chi connectivity index (χ0n) is 10.7. The summed E-state index contributed by atoms with van der Waals surface area (Å²) in [5, 5.41) is 18.8. The molecule has 3 atom stereocenters. The van der Waals surface area contributed by atoms with Gasteiger partial charge < -0.3 is 20.8 Å². The Morgan fingerprint density at radius 3 is 2.84 bits per heavy atom. The minimum absolute atomic E-state index is 0.108. The first-order valence-corrected chi connectivity index (χ1v) is 7.38. The number of aliphatic hydroxyl groups is 1. The van der Waals surface area contributed by atoms with Gasteiger partial charge in [-0.1, -0.05) is 0 Å². The highest BCUT2D eigenvalue weighted by molar-refractivity contribution is 7.99. The van der Waals surface area contributed by atoms with E-state index < -0.39 is 18.0 Å². The summed E-state index contributed by atoms with van der Waals surface area (Å²) in [6.07, 6.45) is -0.194. The predicted octanol–water partition coefficient (Wildman–Crippen LogP) is -0.371. The van der Waals surface area contributed by atoms with Crippen molar-refractivity contribution < 1.29 is 19.8 Å². The molecule has 0 aliphatic carbocycles. The Morgan fingerprint density at radius 1 is 1.63 bits per heavy atom. The number of β-lactam (4-membered cyclic amide) rings is 1. The van der Waals surface area contributed by atoms with Crippen molar-refractivity contribution in [1.29, 1.82) is 0 Å². The van der Waals surface area contributed by atoms with Crippen molar-refractivity contribution in [2.24, 2.45) is 11.7 Å². The normalized spacial score (nSPS) is 27.3. The molecule has 0 aromatic heterocycles. The van der Waals surface area contributed by atoms with E-state index in [9.17, 15) is 19.8 Å². The second-order valence-electron chi connectivity index (χ2n) is 4.84. The Bertz CT molecular complexity index is 435. The van der Waals surface area contributed by atoms with Gasteiger partial charge in [-0.3, -0.25) is 4.79 Å². The van der Waals surface area contributed by atoms with E-state index >= 15 is 0 Å². The second-order valence-corrected chi connectivity index (χ2v) is 5.95. The molecule has 0 saturated carbocycles. The first-order valence-electron chi connectivity index (χ1n) is 6.23. The van der Waals surface area contributed by atoms with E-state index in [1.165, 1.54) is 4.90 Å². The van der Waals surface area contributed by atoms with Crippen LogP contribution < -0.4 is 5.73 Å². The number of hydrogen-bond donors (Lipinski definition) is 3. The van der Waals surface area contributed by atoms with E-state index in [1.54, 1.807) is 18.7 Å². The minimum Gasteiger partial charge on any atom is -0.477 e. The van der Waals surface area contributed by atoms with Gasteiger partial charge in [-0.25, -0.2) is 4.79 Å². The van der Waals surface area contributed by atoms with Crippen LogP contribution in [-0.4, -0.2) is 57.2 Å². The van der Waals surface area contributed by atoms with Crippen molar-refractivity contribution >= 4 is 23.6 Å². The van der Waals surface area contributed by atoms with Crippen LogP contribution in [-0.2, 0) is 9.59 Å². The molecule has 19 heavy (non-hydrogen) atoms. The van der Waals surface area contributed by atoms with Crippen LogP contribution in [0.25, 0.3) is 0 Å². The summed E-state index contributed by atoms with van der Waals surface area (Å²) in [5.41, 5.74) is 6.29. The van der Waals surface area contributed by atoms with Crippen LogP contribution >= 0.6 is 11.8 Å². The molecule has 0 aromatic rings. The van der Waals surface area contributed by atoms with E-state index in [4.69, 9.17) is 5.73 Å². The lowest BCUT2D eigenvalue weighted by atomic mass is 9.83. The third kappa shape index (κ3) is 2.37. The molecule has 2 aliphatic heterocycles. The van der Waals surface area contributed by atoms with Gasteiger partial charge in [0.1, 0.15) is 5.70 Å². The van der Waals surface area contributed by atoms with Crippen LogP contribution in [0.4, 0.5) is 0 Å².